The molecular formula is C24H24N4O6S2. The van der Waals surface area contributed by atoms with Gasteiger partial charge in [-0.15, -0.1) is 11.3 Å². The van der Waals surface area contributed by atoms with E-state index in [-0.39, 0.29) is 27.4 Å². The van der Waals surface area contributed by atoms with Gasteiger partial charge >= 0.3 is 12.0 Å². The van der Waals surface area contributed by atoms with Crippen molar-refractivity contribution in [2.24, 2.45) is 5.92 Å². The number of hydrogen-bond donors (Lipinski definition) is 3. The maximum atomic E-state index is 13.0. The van der Waals surface area contributed by atoms with Gasteiger partial charge in [0.1, 0.15) is 0 Å². The second-order valence-corrected chi connectivity index (χ2v) is 11.6. The third kappa shape index (κ3) is 5.94. The van der Waals surface area contributed by atoms with Crippen LogP contribution in [0.15, 0.2) is 47.8 Å². The van der Waals surface area contributed by atoms with Gasteiger partial charge in [-0.2, -0.15) is 0 Å². The number of thiazole rings is 1. The van der Waals surface area contributed by atoms with Gasteiger partial charge in [-0.1, -0.05) is 24.5 Å². The molecule has 0 unspecified atom stereocenters. The molecule has 1 saturated carbocycles. The molecule has 0 bridgehead atoms. The van der Waals surface area contributed by atoms with Crippen LogP contribution < -0.4 is 10.6 Å². The molecule has 12 heteroatoms. The fraction of sp³-hybridized carbons (Fsp3) is 0.292. The standard InChI is InChI=1S/C24H24N4O6S2/c1-14-6-8-19(18(10-14)21(29)15-4-2-3-5-15)27-23(32)28-24-26-12-17(35-24)13-36(33,34)20-9-7-16(11-25-20)22(30)31/h6-12,15H,2-5,13H2,1H3,(H,30,31)(H2,26,27,28,32). The average Bonchev–Trinajstić information content (AvgIpc) is 3.52. The summed E-state index contributed by atoms with van der Waals surface area (Å²) in [6.45, 7) is 1.89. The summed E-state index contributed by atoms with van der Waals surface area (Å²) in [6.07, 6.45) is 6.07. The minimum absolute atomic E-state index is 0.0261. The highest BCUT2D eigenvalue weighted by molar-refractivity contribution is 7.90. The molecule has 0 radical (unpaired) electrons. The maximum Gasteiger partial charge on any atom is 0.337 e. The Bertz CT molecular complexity index is 1410. The van der Waals surface area contributed by atoms with Crippen LogP contribution in [0.4, 0.5) is 15.6 Å². The largest absolute Gasteiger partial charge is 0.478 e. The Morgan fingerprint density at radius 2 is 1.81 bits per heavy atom. The first-order valence-electron chi connectivity index (χ1n) is 11.2. The summed E-state index contributed by atoms with van der Waals surface area (Å²) >= 11 is 0.984. The monoisotopic (exact) mass is 528 g/mol. The van der Waals surface area contributed by atoms with Crippen LogP contribution in [0.1, 0.15) is 56.8 Å². The lowest BCUT2D eigenvalue weighted by molar-refractivity contribution is 0.0696. The normalized spacial score (nSPS) is 13.9. The number of Topliss-reactive ketones (excluding diaryl/α,β-unsaturated/α-hetero) is 1. The Balaban J connectivity index is 1.42. The molecule has 1 aromatic carbocycles. The van der Waals surface area contributed by atoms with E-state index < -0.39 is 27.6 Å². The van der Waals surface area contributed by atoms with Crippen LogP contribution in [0.2, 0.25) is 0 Å². The van der Waals surface area contributed by atoms with Crippen LogP contribution in [0.3, 0.4) is 0 Å². The molecule has 0 atom stereocenters. The molecule has 0 spiro atoms. The van der Waals surface area contributed by atoms with Gasteiger partial charge < -0.3 is 10.4 Å². The first-order valence-corrected chi connectivity index (χ1v) is 13.7. The third-order valence-corrected chi connectivity index (χ3v) is 8.49. The van der Waals surface area contributed by atoms with E-state index in [4.69, 9.17) is 5.11 Å². The SMILES string of the molecule is Cc1ccc(NC(=O)Nc2ncc(CS(=O)(=O)c3ccc(C(=O)O)cn3)s2)c(C(=O)C2CCCC2)c1. The Labute approximate surface area is 211 Å². The van der Waals surface area contributed by atoms with Gasteiger partial charge in [0.2, 0.25) is 9.84 Å². The molecule has 0 aliphatic heterocycles. The third-order valence-electron chi connectivity index (χ3n) is 5.82. The summed E-state index contributed by atoms with van der Waals surface area (Å²) in [6, 6.07) is 6.99. The molecule has 3 aromatic rings. The Morgan fingerprint density at radius 1 is 1.06 bits per heavy atom. The van der Waals surface area contributed by atoms with Crippen molar-refractivity contribution >= 4 is 49.8 Å². The number of carboxylic acids is 1. The predicted octanol–water partition coefficient (Wildman–Crippen LogP) is 4.54. The van der Waals surface area contributed by atoms with Gasteiger partial charge in [-0.3, -0.25) is 10.1 Å². The van der Waals surface area contributed by atoms with Crippen LogP contribution in [-0.2, 0) is 15.6 Å². The molecule has 10 nitrogen and oxygen atoms in total. The molecule has 1 fully saturated rings. The van der Waals surface area contributed by atoms with Gasteiger partial charge in [0, 0.05) is 28.8 Å². The first-order chi connectivity index (χ1) is 17.1. The highest BCUT2D eigenvalue weighted by Gasteiger charge is 2.26. The van der Waals surface area contributed by atoms with Crippen molar-refractivity contribution in [2.75, 3.05) is 10.6 Å². The topological polar surface area (TPSA) is 155 Å². The minimum Gasteiger partial charge on any atom is -0.478 e. The number of rotatable bonds is 8. The Kier molecular flexibility index (Phi) is 7.45. The number of pyridine rings is 1. The summed E-state index contributed by atoms with van der Waals surface area (Å²) in [7, 11) is -3.85. The van der Waals surface area contributed by atoms with E-state index in [1.807, 2.05) is 13.0 Å². The van der Waals surface area contributed by atoms with Gasteiger partial charge in [0.15, 0.2) is 15.9 Å². The molecule has 2 heterocycles. The maximum absolute atomic E-state index is 13.0. The Hall–Kier alpha value is -3.64. The number of nitrogens with zero attached hydrogens (tertiary/aromatic N) is 2. The molecule has 2 aromatic heterocycles. The second kappa shape index (κ2) is 10.5. The zero-order chi connectivity index (χ0) is 25.9. The van der Waals surface area contributed by atoms with Crippen molar-refractivity contribution in [2.45, 2.75) is 43.4 Å². The highest BCUT2D eigenvalue weighted by atomic mass is 32.2. The van der Waals surface area contributed by atoms with Gasteiger partial charge in [-0.25, -0.2) is 28.0 Å². The number of aryl methyl sites for hydroxylation is 1. The number of nitrogens with one attached hydrogen (secondary N) is 2. The number of aromatic nitrogens is 2. The average molecular weight is 529 g/mol. The summed E-state index contributed by atoms with van der Waals surface area (Å²) in [5.41, 5.74) is 1.68. The number of aromatic carboxylic acids is 1. The lowest BCUT2D eigenvalue weighted by atomic mass is 9.94. The summed E-state index contributed by atoms with van der Waals surface area (Å²) in [4.78, 5) is 44.7. The van der Waals surface area contributed by atoms with Gasteiger partial charge in [0.05, 0.1) is 17.0 Å². The number of carboxylic acid groups (broad SMARTS) is 1. The number of carbonyl (C=O) groups excluding carboxylic acids is 2. The lowest BCUT2D eigenvalue weighted by Crippen LogP contribution is -2.22. The van der Waals surface area contributed by atoms with Crippen LogP contribution in [0, 0.1) is 12.8 Å². The molecule has 1 aliphatic rings. The number of amides is 2. The molecule has 3 N–H and O–H groups in total. The van der Waals surface area contributed by atoms with Crippen LogP contribution in [-0.4, -0.2) is 41.3 Å². The first kappa shape index (κ1) is 25.5. The molecule has 4 rings (SSSR count). The van der Waals surface area contributed by atoms with Gasteiger partial charge in [-0.05, 0) is 44.0 Å². The van der Waals surface area contributed by atoms with Crippen LogP contribution in [0.5, 0.6) is 0 Å². The van der Waals surface area contributed by atoms with Crippen LogP contribution in [0.25, 0.3) is 0 Å². The summed E-state index contributed by atoms with van der Waals surface area (Å²) < 4.78 is 25.3. The zero-order valence-corrected chi connectivity index (χ0v) is 21.0. The molecule has 188 valence electrons. The van der Waals surface area contributed by atoms with E-state index in [9.17, 15) is 22.8 Å². The van der Waals surface area contributed by atoms with Crippen LogP contribution >= 0.6 is 11.3 Å². The zero-order valence-electron chi connectivity index (χ0n) is 19.4. The van der Waals surface area contributed by atoms with Crippen molar-refractivity contribution < 1.29 is 27.9 Å². The number of hydrogen-bond acceptors (Lipinski definition) is 8. The number of sulfone groups is 1. The van der Waals surface area contributed by atoms with Crippen molar-refractivity contribution in [3.05, 3.63) is 64.3 Å². The molecule has 36 heavy (non-hydrogen) atoms. The molecule has 2 amide bonds. The molecule has 1 aliphatic carbocycles. The van der Waals surface area contributed by atoms with Crippen molar-refractivity contribution in [1.29, 1.82) is 0 Å². The van der Waals surface area contributed by atoms with E-state index in [0.717, 1.165) is 54.8 Å². The van der Waals surface area contributed by atoms with E-state index in [0.29, 0.717) is 16.1 Å². The Morgan fingerprint density at radius 3 is 2.47 bits per heavy atom. The molecule has 0 saturated heterocycles. The quantitative estimate of drug-likeness (QED) is 0.360. The summed E-state index contributed by atoms with van der Waals surface area (Å²) in [5.74, 6) is -1.62. The van der Waals surface area contributed by atoms with Crippen molar-refractivity contribution in [1.82, 2.24) is 9.97 Å². The number of urea groups is 1. The van der Waals surface area contributed by atoms with Gasteiger partial charge in [0.25, 0.3) is 0 Å². The number of ketones is 1. The number of benzene rings is 1. The fourth-order valence-electron chi connectivity index (χ4n) is 4.01. The van der Waals surface area contributed by atoms with E-state index in [1.165, 1.54) is 12.3 Å². The highest BCUT2D eigenvalue weighted by Crippen LogP contribution is 2.31. The predicted molar refractivity (Wildman–Crippen MR) is 134 cm³/mol. The minimum atomic E-state index is -3.85. The lowest BCUT2D eigenvalue weighted by Gasteiger charge is -2.14. The van der Waals surface area contributed by atoms with E-state index in [2.05, 4.69) is 20.6 Å². The van der Waals surface area contributed by atoms with Crippen molar-refractivity contribution in [3.63, 3.8) is 0 Å². The smallest absolute Gasteiger partial charge is 0.337 e. The fourth-order valence-corrected chi connectivity index (χ4v) is 6.40. The van der Waals surface area contributed by atoms with E-state index in [1.54, 1.807) is 12.1 Å². The van der Waals surface area contributed by atoms with E-state index >= 15 is 0 Å². The number of anilines is 2. The molecular weight excluding hydrogens is 504 g/mol. The summed E-state index contributed by atoms with van der Waals surface area (Å²) in [5, 5.41) is 14.1. The second-order valence-electron chi connectivity index (χ2n) is 8.55. The van der Waals surface area contributed by atoms with Crippen molar-refractivity contribution in [3.8, 4) is 0 Å². The number of carbonyl (C=O) groups is 3.